The zero-order chi connectivity index (χ0) is 16.4. The van der Waals surface area contributed by atoms with E-state index in [1.807, 2.05) is 0 Å². The van der Waals surface area contributed by atoms with Crippen LogP contribution in [0, 0.1) is 0 Å². The Balaban J connectivity index is 2.00. The molecule has 116 valence electrons. The Morgan fingerprint density at radius 3 is 2.78 bits per heavy atom. The van der Waals surface area contributed by atoms with Crippen molar-refractivity contribution in [2.45, 2.75) is 0 Å². The Bertz CT molecular complexity index is 950. The van der Waals surface area contributed by atoms with E-state index in [0.717, 1.165) is 0 Å². The van der Waals surface area contributed by atoms with Crippen molar-refractivity contribution in [3.8, 4) is 5.75 Å². The molecule has 0 saturated carbocycles. The lowest BCUT2D eigenvalue weighted by Crippen LogP contribution is -2.21. The van der Waals surface area contributed by atoms with E-state index >= 15 is 0 Å². The third-order valence-corrected chi connectivity index (χ3v) is 3.65. The number of hydrogen-bond acceptors (Lipinski definition) is 3. The van der Waals surface area contributed by atoms with E-state index in [-0.39, 0.29) is 11.0 Å². The van der Waals surface area contributed by atoms with Crippen molar-refractivity contribution in [3.05, 3.63) is 69.5 Å². The van der Waals surface area contributed by atoms with Gasteiger partial charge in [0.2, 0.25) is 5.43 Å². The second-order valence-corrected chi connectivity index (χ2v) is 5.34. The Labute approximate surface area is 136 Å². The second kappa shape index (κ2) is 6.14. The third kappa shape index (κ3) is 3.05. The molecule has 2 aromatic carbocycles. The second-order valence-electron chi connectivity index (χ2n) is 4.91. The molecule has 3 aromatic rings. The molecule has 1 aromatic heterocycles. The van der Waals surface area contributed by atoms with Crippen molar-refractivity contribution in [1.29, 1.82) is 0 Å². The number of nitrogens with one attached hydrogen (secondary N) is 2. The highest BCUT2D eigenvalue weighted by Gasteiger charge is 2.14. The molecule has 1 amide bonds. The van der Waals surface area contributed by atoms with E-state index in [9.17, 15) is 9.59 Å². The van der Waals surface area contributed by atoms with Gasteiger partial charge in [-0.05, 0) is 36.4 Å². The number of aromatic nitrogens is 1. The first-order valence-electron chi connectivity index (χ1n) is 6.85. The van der Waals surface area contributed by atoms with Gasteiger partial charge >= 0.3 is 0 Å². The molecule has 5 nitrogen and oxygen atoms in total. The Hall–Kier alpha value is -2.79. The smallest absolute Gasteiger partial charge is 0.261 e. The molecule has 0 saturated heterocycles. The minimum absolute atomic E-state index is 0.0192. The molecule has 0 aliphatic rings. The number of ether oxygens (including phenoxy) is 1. The number of pyridine rings is 1. The topological polar surface area (TPSA) is 71.2 Å². The molecule has 3 rings (SSSR count). The number of H-pyrrole nitrogens is 1. The maximum absolute atomic E-state index is 12.5. The normalized spacial score (nSPS) is 10.5. The zero-order valence-electron chi connectivity index (χ0n) is 12.2. The lowest BCUT2D eigenvalue weighted by molar-refractivity contribution is 0.102. The van der Waals surface area contributed by atoms with Crippen LogP contribution in [-0.4, -0.2) is 18.0 Å². The summed E-state index contributed by atoms with van der Waals surface area (Å²) in [4.78, 5) is 27.8. The highest BCUT2D eigenvalue weighted by atomic mass is 35.5. The number of halogens is 1. The molecular weight excluding hydrogens is 316 g/mol. The molecule has 0 radical (unpaired) electrons. The molecule has 2 N–H and O–H groups in total. The predicted molar refractivity (Wildman–Crippen MR) is 90.5 cm³/mol. The zero-order valence-corrected chi connectivity index (χ0v) is 13.0. The fraction of sp³-hybridized carbons (Fsp3) is 0.0588. The van der Waals surface area contributed by atoms with Gasteiger partial charge in [-0.1, -0.05) is 17.7 Å². The van der Waals surface area contributed by atoms with Crippen molar-refractivity contribution < 1.29 is 9.53 Å². The maximum Gasteiger partial charge on any atom is 0.261 e. The van der Waals surface area contributed by atoms with Gasteiger partial charge in [-0.2, -0.15) is 0 Å². The summed E-state index contributed by atoms with van der Waals surface area (Å²) in [6.07, 6.45) is 1.40. The molecule has 0 atom stereocenters. The number of carbonyl (C=O) groups excluding carboxylic acids is 1. The minimum atomic E-state index is -0.502. The standard InChI is InChI=1S/C17H13ClN2O3/c1-23-12-5-6-15-13(8-12)16(21)14(9-19-15)17(22)20-11-4-2-3-10(18)7-11/h2-9H,1H3,(H,19,21)(H,20,22). The van der Waals surface area contributed by atoms with Gasteiger partial charge in [0.05, 0.1) is 7.11 Å². The molecule has 0 aliphatic carbocycles. The van der Waals surface area contributed by atoms with Gasteiger partial charge in [0, 0.05) is 27.8 Å². The number of anilines is 1. The molecule has 0 unspecified atom stereocenters. The highest BCUT2D eigenvalue weighted by molar-refractivity contribution is 6.31. The van der Waals surface area contributed by atoms with Gasteiger partial charge < -0.3 is 15.0 Å². The summed E-state index contributed by atoms with van der Waals surface area (Å²) in [5.74, 6) is 0.0497. The van der Waals surface area contributed by atoms with Crippen molar-refractivity contribution in [3.63, 3.8) is 0 Å². The van der Waals surface area contributed by atoms with E-state index in [1.165, 1.54) is 13.3 Å². The average molecular weight is 329 g/mol. The average Bonchev–Trinajstić information content (AvgIpc) is 2.55. The van der Waals surface area contributed by atoms with E-state index in [4.69, 9.17) is 16.3 Å². The SMILES string of the molecule is COc1ccc2[nH]cc(C(=O)Nc3cccc(Cl)c3)c(=O)c2c1. The van der Waals surface area contributed by atoms with Gasteiger partial charge in [0.25, 0.3) is 5.91 Å². The molecule has 0 spiro atoms. The summed E-state index contributed by atoms with van der Waals surface area (Å²) < 4.78 is 5.12. The number of benzene rings is 2. The van der Waals surface area contributed by atoms with Crippen LogP contribution >= 0.6 is 11.6 Å². The minimum Gasteiger partial charge on any atom is -0.497 e. The first-order valence-corrected chi connectivity index (χ1v) is 7.22. The van der Waals surface area contributed by atoms with E-state index in [1.54, 1.807) is 42.5 Å². The van der Waals surface area contributed by atoms with Gasteiger partial charge in [-0.15, -0.1) is 0 Å². The Kier molecular flexibility index (Phi) is 4.04. The summed E-state index contributed by atoms with van der Waals surface area (Å²) in [5, 5.41) is 3.55. The molecule has 0 aliphatic heterocycles. The van der Waals surface area contributed by atoms with Crippen molar-refractivity contribution >= 4 is 34.1 Å². The Morgan fingerprint density at radius 2 is 2.04 bits per heavy atom. The summed E-state index contributed by atoms with van der Waals surface area (Å²) in [7, 11) is 1.52. The van der Waals surface area contributed by atoms with Crippen molar-refractivity contribution in [2.75, 3.05) is 12.4 Å². The number of methoxy groups -OCH3 is 1. The third-order valence-electron chi connectivity index (χ3n) is 3.42. The molecule has 23 heavy (non-hydrogen) atoms. The summed E-state index contributed by atoms with van der Waals surface area (Å²) in [5.41, 5.74) is 0.811. The number of carbonyl (C=O) groups is 1. The van der Waals surface area contributed by atoms with Gasteiger partial charge in [-0.3, -0.25) is 9.59 Å². The van der Waals surface area contributed by atoms with Gasteiger partial charge in [0.15, 0.2) is 0 Å². The Morgan fingerprint density at radius 1 is 1.22 bits per heavy atom. The van der Waals surface area contributed by atoms with Crippen LogP contribution in [-0.2, 0) is 0 Å². The van der Waals surface area contributed by atoms with Gasteiger partial charge in [-0.25, -0.2) is 0 Å². The first-order chi connectivity index (χ1) is 11.1. The molecule has 1 heterocycles. The van der Waals surface area contributed by atoms with Crippen LogP contribution in [0.4, 0.5) is 5.69 Å². The first kappa shape index (κ1) is 15.1. The molecule has 0 fully saturated rings. The molecule has 0 bridgehead atoms. The van der Waals surface area contributed by atoms with Gasteiger partial charge in [0.1, 0.15) is 11.3 Å². The van der Waals surface area contributed by atoms with Crippen LogP contribution in [0.1, 0.15) is 10.4 Å². The number of amides is 1. The predicted octanol–water partition coefficient (Wildman–Crippen LogP) is 3.44. The quantitative estimate of drug-likeness (QED) is 0.773. The number of aromatic amines is 1. The van der Waals surface area contributed by atoms with Crippen LogP contribution < -0.4 is 15.5 Å². The van der Waals surface area contributed by atoms with Crippen molar-refractivity contribution in [2.24, 2.45) is 0 Å². The maximum atomic E-state index is 12.5. The monoisotopic (exact) mass is 328 g/mol. The summed E-state index contributed by atoms with van der Waals surface area (Å²) in [6, 6.07) is 11.8. The van der Waals surface area contributed by atoms with Crippen LogP contribution in [0.15, 0.2) is 53.5 Å². The van der Waals surface area contributed by atoms with Crippen molar-refractivity contribution in [1.82, 2.24) is 4.98 Å². The fourth-order valence-electron chi connectivity index (χ4n) is 2.26. The van der Waals surface area contributed by atoms with E-state index < -0.39 is 5.91 Å². The highest BCUT2D eigenvalue weighted by Crippen LogP contribution is 2.18. The molecular formula is C17H13ClN2O3. The van der Waals surface area contributed by atoms with Crippen LogP contribution in [0.3, 0.4) is 0 Å². The number of rotatable bonds is 3. The van der Waals surface area contributed by atoms with E-state index in [2.05, 4.69) is 10.3 Å². The lowest BCUT2D eigenvalue weighted by atomic mass is 10.1. The van der Waals surface area contributed by atoms with Crippen LogP contribution in [0.2, 0.25) is 5.02 Å². The fourth-order valence-corrected chi connectivity index (χ4v) is 2.45. The largest absolute Gasteiger partial charge is 0.497 e. The number of fused-ring (bicyclic) bond motifs is 1. The van der Waals surface area contributed by atoms with Crippen LogP contribution in [0.5, 0.6) is 5.75 Å². The number of hydrogen-bond donors (Lipinski definition) is 2. The summed E-state index contributed by atoms with van der Waals surface area (Å²) >= 11 is 5.88. The molecule has 6 heteroatoms. The van der Waals surface area contributed by atoms with Crippen LogP contribution in [0.25, 0.3) is 10.9 Å². The summed E-state index contributed by atoms with van der Waals surface area (Å²) in [6.45, 7) is 0. The van der Waals surface area contributed by atoms with E-state index in [0.29, 0.717) is 27.4 Å². The lowest BCUT2D eigenvalue weighted by Gasteiger charge is -2.07.